The van der Waals surface area contributed by atoms with E-state index in [0.29, 0.717) is 12.3 Å². The van der Waals surface area contributed by atoms with Gasteiger partial charge in [-0.05, 0) is 25.2 Å². The number of hydrogen-bond acceptors (Lipinski definition) is 5. The Balaban J connectivity index is 1.73. The molecule has 2 rings (SSSR count). The van der Waals surface area contributed by atoms with Crippen LogP contribution in [0.25, 0.3) is 0 Å². The van der Waals surface area contributed by atoms with Crippen LogP contribution in [0.4, 0.5) is 5.95 Å². The van der Waals surface area contributed by atoms with Crippen molar-refractivity contribution in [3.05, 3.63) is 6.33 Å². The number of anilines is 1. The molecular formula is C12H18N4O4. The van der Waals surface area contributed by atoms with E-state index in [1.165, 1.54) is 6.33 Å². The van der Waals surface area contributed by atoms with E-state index < -0.39 is 5.97 Å². The first-order valence-corrected chi connectivity index (χ1v) is 6.62. The first kappa shape index (κ1) is 14.4. The van der Waals surface area contributed by atoms with Crippen LogP contribution in [0, 0.1) is 5.92 Å². The summed E-state index contributed by atoms with van der Waals surface area (Å²) in [6, 6.07) is 0. The maximum absolute atomic E-state index is 11.7. The van der Waals surface area contributed by atoms with E-state index in [2.05, 4.69) is 15.4 Å². The summed E-state index contributed by atoms with van der Waals surface area (Å²) in [5, 5.41) is 15.0. The number of carboxylic acids is 1. The highest BCUT2D eigenvalue weighted by atomic mass is 16.5. The number of carbonyl (C=O) groups is 2. The van der Waals surface area contributed by atoms with E-state index in [-0.39, 0.29) is 18.4 Å². The van der Waals surface area contributed by atoms with Gasteiger partial charge in [0.15, 0.2) is 0 Å². The molecule has 2 N–H and O–H groups in total. The van der Waals surface area contributed by atoms with Gasteiger partial charge in [0.2, 0.25) is 11.9 Å². The Bertz CT molecular complexity index is 468. The standard InChI is InChI=1S/C12H18N4O4/c17-10(2-1-9-3-5-20-6-4-9)14-12-13-8-16(15-12)7-11(18)19/h8-9H,1-7H2,(H,18,19)(H,14,15,17). The van der Waals surface area contributed by atoms with Crippen LogP contribution >= 0.6 is 0 Å². The molecule has 0 aromatic carbocycles. The van der Waals surface area contributed by atoms with Gasteiger partial charge in [0, 0.05) is 19.6 Å². The molecule has 1 saturated heterocycles. The number of carbonyl (C=O) groups excluding carboxylic acids is 1. The number of nitrogens with one attached hydrogen (secondary N) is 1. The molecule has 2 heterocycles. The third-order valence-corrected chi connectivity index (χ3v) is 3.21. The molecule has 0 saturated carbocycles. The molecular weight excluding hydrogens is 264 g/mol. The normalized spacial score (nSPS) is 16.0. The molecule has 0 bridgehead atoms. The van der Waals surface area contributed by atoms with Crippen LogP contribution in [0.5, 0.6) is 0 Å². The van der Waals surface area contributed by atoms with Crippen LogP contribution in [0.15, 0.2) is 6.33 Å². The number of rotatable bonds is 6. The molecule has 1 amide bonds. The molecule has 110 valence electrons. The molecule has 8 nitrogen and oxygen atoms in total. The van der Waals surface area contributed by atoms with Crippen molar-refractivity contribution in [3.8, 4) is 0 Å². The lowest BCUT2D eigenvalue weighted by Crippen LogP contribution is -2.19. The lowest BCUT2D eigenvalue weighted by atomic mass is 9.95. The number of aliphatic carboxylic acids is 1. The summed E-state index contributed by atoms with van der Waals surface area (Å²) in [4.78, 5) is 26.1. The fourth-order valence-electron chi connectivity index (χ4n) is 2.12. The molecule has 0 aliphatic carbocycles. The SMILES string of the molecule is O=C(O)Cn1cnc(NC(=O)CCC2CCOCC2)n1. The molecule has 0 spiro atoms. The molecule has 1 aromatic heterocycles. The Hall–Kier alpha value is -1.96. The fraction of sp³-hybridized carbons (Fsp3) is 0.667. The lowest BCUT2D eigenvalue weighted by Gasteiger charge is -2.21. The van der Waals surface area contributed by atoms with Gasteiger partial charge in [0.1, 0.15) is 12.9 Å². The zero-order valence-corrected chi connectivity index (χ0v) is 11.1. The Labute approximate surface area is 116 Å². The van der Waals surface area contributed by atoms with Gasteiger partial charge in [0.05, 0.1) is 0 Å². The zero-order chi connectivity index (χ0) is 14.4. The summed E-state index contributed by atoms with van der Waals surface area (Å²) in [6.45, 7) is 1.27. The summed E-state index contributed by atoms with van der Waals surface area (Å²) in [7, 11) is 0. The Morgan fingerprint density at radius 2 is 2.20 bits per heavy atom. The number of amides is 1. The second-order valence-corrected chi connectivity index (χ2v) is 4.80. The van der Waals surface area contributed by atoms with E-state index in [1.54, 1.807) is 0 Å². The van der Waals surface area contributed by atoms with Crippen LogP contribution < -0.4 is 5.32 Å². The molecule has 1 aromatic rings. The third kappa shape index (κ3) is 4.61. The van der Waals surface area contributed by atoms with Crippen LogP contribution in [-0.4, -0.2) is 45.0 Å². The number of aromatic nitrogens is 3. The minimum absolute atomic E-state index is 0.142. The lowest BCUT2D eigenvalue weighted by molar-refractivity contribution is -0.137. The summed E-state index contributed by atoms with van der Waals surface area (Å²) in [5.41, 5.74) is 0. The third-order valence-electron chi connectivity index (χ3n) is 3.21. The van der Waals surface area contributed by atoms with E-state index in [4.69, 9.17) is 9.84 Å². The van der Waals surface area contributed by atoms with Crippen LogP contribution in [0.1, 0.15) is 25.7 Å². The van der Waals surface area contributed by atoms with E-state index in [1.807, 2.05) is 0 Å². The van der Waals surface area contributed by atoms with Crippen molar-refractivity contribution in [1.29, 1.82) is 0 Å². The molecule has 0 unspecified atom stereocenters. The van der Waals surface area contributed by atoms with E-state index in [0.717, 1.165) is 37.2 Å². The van der Waals surface area contributed by atoms with Crippen molar-refractivity contribution in [3.63, 3.8) is 0 Å². The predicted molar refractivity (Wildman–Crippen MR) is 69.1 cm³/mol. The van der Waals surface area contributed by atoms with Crippen molar-refractivity contribution in [2.45, 2.75) is 32.2 Å². The van der Waals surface area contributed by atoms with Gasteiger partial charge in [-0.25, -0.2) is 9.67 Å². The van der Waals surface area contributed by atoms with Gasteiger partial charge in [0.25, 0.3) is 0 Å². The van der Waals surface area contributed by atoms with Gasteiger partial charge in [-0.15, -0.1) is 5.10 Å². The maximum Gasteiger partial charge on any atom is 0.325 e. The number of nitrogens with zero attached hydrogens (tertiary/aromatic N) is 3. The first-order chi connectivity index (χ1) is 9.63. The van der Waals surface area contributed by atoms with Gasteiger partial charge in [-0.2, -0.15) is 0 Å². The maximum atomic E-state index is 11.7. The van der Waals surface area contributed by atoms with Gasteiger partial charge in [-0.3, -0.25) is 14.9 Å². The minimum atomic E-state index is -1.01. The number of carboxylic acid groups (broad SMARTS) is 1. The highest BCUT2D eigenvalue weighted by Gasteiger charge is 2.16. The first-order valence-electron chi connectivity index (χ1n) is 6.62. The molecule has 20 heavy (non-hydrogen) atoms. The highest BCUT2D eigenvalue weighted by Crippen LogP contribution is 2.20. The smallest absolute Gasteiger partial charge is 0.325 e. The summed E-state index contributed by atoms with van der Waals surface area (Å²) in [5.74, 6) is -0.480. The average Bonchev–Trinajstić information content (AvgIpc) is 2.84. The minimum Gasteiger partial charge on any atom is -0.480 e. The van der Waals surface area contributed by atoms with Crippen molar-refractivity contribution in [1.82, 2.24) is 14.8 Å². The van der Waals surface area contributed by atoms with E-state index >= 15 is 0 Å². The Morgan fingerprint density at radius 1 is 1.45 bits per heavy atom. The fourth-order valence-corrected chi connectivity index (χ4v) is 2.12. The second-order valence-electron chi connectivity index (χ2n) is 4.80. The van der Waals surface area contributed by atoms with Crippen molar-refractivity contribution in [2.75, 3.05) is 18.5 Å². The number of hydrogen-bond donors (Lipinski definition) is 2. The van der Waals surface area contributed by atoms with Gasteiger partial charge in [-0.1, -0.05) is 0 Å². The van der Waals surface area contributed by atoms with Crippen molar-refractivity contribution >= 4 is 17.8 Å². The Kier molecular flexibility index (Phi) is 5.05. The average molecular weight is 282 g/mol. The van der Waals surface area contributed by atoms with E-state index in [9.17, 15) is 9.59 Å². The van der Waals surface area contributed by atoms with Crippen molar-refractivity contribution < 1.29 is 19.4 Å². The highest BCUT2D eigenvalue weighted by molar-refractivity contribution is 5.88. The molecule has 8 heteroatoms. The molecule has 0 atom stereocenters. The van der Waals surface area contributed by atoms with Crippen LogP contribution in [0.2, 0.25) is 0 Å². The summed E-state index contributed by atoms with van der Waals surface area (Å²) >= 11 is 0. The van der Waals surface area contributed by atoms with Gasteiger partial charge < -0.3 is 9.84 Å². The largest absolute Gasteiger partial charge is 0.480 e. The predicted octanol–water partition coefficient (Wildman–Crippen LogP) is 0.508. The zero-order valence-electron chi connectivity index (χ0n) is 11.1. The van der Waals surface area contributed by atoms with Crippen LogP contribution in [0.3, 0.4) is 0 Å². The second kappa shape index (κ2) is 6.99. The molecule has 1 aliphatic heterocycles. The summed E-state index contributed by atoms with van der Waals surface area (Å²) in [6.07, 6.45) is 4.52. The van der Waals surface area contributed by atoms with Gasteiger partial charge >= 0.3 is 5.97 Å². The molecule has 1 fully saturated rings. The quantitative estimate of drug-likeness (QED) is 0.787. The topological polar surface area (TPSA) is 106 Å². The molecule has 0 radical (unpaired) electrons. The monoisotopic (exact) mass is 282 g/mol. The Morgan fingerprint density at radius 3 is 2.90 bits per heavy atom. The van der Waals surface area contributed by atoms with Crippen LogP contribution in [-0.2, 0) is 20.9 Å². The van der Waals surface area contributed by atoms with Crippen molar-refractivity contribution in [2.24, 2.45) is 5.92 Å². The number of ether oxygens (including phenoxy) is 1. The summed E-state index contributed by atoms with van der Waals surface area (Å²) < 4.78 is 6.43. The molecule has 1 aliphatic rings.